The zero-order valence-corrected chi connectivity index (χ0v) is 8.85. The molecule has 0 bridgehead atoms. The van der Waals surface area contributed by atoms with Gasteiger partial charge >= 0.3 is 0 Å². The molecule has 0 fully saturated rings. The smallest absolute Gasteiger partial charge is 0.142 e. The summed E-state index contributed by atoms with van der Waals surface area (Å²) in [7, 11) is 1.85. The van der Waals surface area contributed by atoms with Gasteiger partial charge in [0.05, 0.1) is 11.8 Å². The number of hydrogen-bond donors (Lipinski definition) is 1. The maximum absolute atomic E-state index is 5.84. The number of rotatable bonds is 3. The molecule has 1 rings (SSSR count). The Hall–Kier alpha value is -0.890. The molecule has 0 atom stereocenters. The quantitative estimate of drug-likeness (QED) is 0.808. The van der Waals surface area contributed by atoms with E-state index < -0.39 is 0 Å². The number of hydrogen-bond acceptors (Lipinski definition) is 2. The molecule has 72 valence electrons. The Kier molecular flexibility index (Phi) is 3.43. The Bertz CT molecular complexity index is 286. The molecule has 1 N–H and O–H groups in total. The van der Waals surface area contributed by atoms with Crippen LogP contribution in [0.3, 0.4) is 0 Å². The number of benzene rings is 1. The molecular formula is C10H14ClNO. The van der Waals surface area contributed by atoms with Crippen molar-refractivity contribution in [1.82, 2.24) is 0 Å². The third kappa shape index (κ3) is 2.81. The van der Waals surface area contributed by atoms with Crippen LogP contribution in [0.1, 0.15) is 13.8 Å². The molecule has 3 heteroatoms. The largest absolute Gasteiger partial charge is 0.489 e. The second-order valence-corrected chi connectivity index (χ2v) is 3.49. The molecule has 2 nitrogen and oxygen atoms in total. The maximum Gasteiger partial charge on any atom is 0.142 e. The van der Waals surface area contributed by atoms with Crippen molar-refractivity contribution >= 4 is 17.3 Å². The van der Waals surface area contributed by atoms with Gasteiger partial charge in [-0.05, 0) is 32.0 Å². The molecule has 0 radical (unpaired) electrons. The van der Waals surface area contributed by atoms with Gasteiger partial charge in [0.1, 0.15) is 5.75 Å². The van der Waals surface area contributed by atoms with E-state index in [0.717, 1.165) is 11.4 Å². The van der Waals surface area contributed by atoms with Crippen LogP contribution >= 0.6 is 11.6 Å². The summed E-state index contributed by atoms with van der Waals surface area (Å²) < 4.78 is 5.57. The number of halogens is 1. The summed E-state index contributed by atoms with van der Waals surface area (Å²) in [4.78, 5) is 0. The molecule has 0 saturated heterocycles. The molecule has 0 aliphatic heterocycles. The fourth-order valence-electron chi connectivity index (χ4n) is 1.05. The van der Waals surface area contributed by atoms with Crippen molar-refractivity contribution in [1.29, 1.82) is 0 Å². The lowest BCUT2D eigenvalue weighted by Crippen LogP contribution is -2.07. The summed E-state index contributed by atoms with van der Waals surface area (Å²) in [5, 5.41) is 3.74. The van der Waals surface area contributed by atoms with E-state index in [0.29, 0.717) is 5.02 Å². The Morgan fingerprint density at radius 3 is 2.62 bits per heavy atom. The minimum atomic E-state index is 0.174. The van der Waals surface area contributed by atoms with Crippen molar-refractivity contribution in [3.8, 4) is 5.75 Å². The van der Waals surface area contributed by atoms with Gasteiger partial charge in [-0.25, -0.2) is 0 Å². The molecule has 1 aromatic carbocycles. The Labute approximate surface area is 83.9 Å². The van der Waals surface area contributed by atoms with E-state index in [1.807, 2.05) is 39.1 Å². The van der Waals surface area contributed by atoms with Crippen LogP contribution in [0.25, 0.3) is 0 Å². The second kappa shape index (κ2) is 4.38. The topological polar surface area (TPSA) is 21.3 Å². The van der Waals surface area contributed by atoms with Crippen LogP contribution < -0.4 is 10.1 Å². The van der Waals surface area contributed by atoms with Crippen molar-refractivity contribution in [3.05, 3.63) is 23.2 Å². The van der Waals surface area contributed by atoms with Crippen molar-refractivity contribution in [2.24, 2.45) is 0 Å². The molecule has 0 spiro atoms. The summed E-state index contributed by atoms with van der Waals surface area (Å²) in [6.07, 6.45) is 0.174. The van der Waals surface area contributed by atoms with Gasteiger partial charge in [0.15, 0.2) is 0 Å². The van der Waals surface area contributed by atoms with Gasteiger partial charge in [0, 0.05) is 12.1 Å². The van der Waals surface area contributed by atoms with Crippen molar-refractivity contribution in [2.75, 3.05) is 12.4 Å². The van der Waals surface area contributed by atoms with Gasteiger partial charge in [-0.1, -0.05) is 11.6 Å². The van der Waals surface area contributed by atoms with Gasteiger partial charge in [-0.15, -0.1) is 0 Å². The molecule has 0 aromatic heterocycles. The molecule has 0 unspecified atom stereocenters. The first-order chi connectivity index (χ1) is 6.13. The van der Waals surface area contributed by atoms with Crippen molar-refractivity contribution < 1.29 is 4.74 Å². The van der Waals surface area contributed by atoms with Crippen molar-refractivity contribution in [3.63, 3.8) is 0 Å². The van der Waals surface area contributed by atoms with Crippen LogP contribution in [0.15, 0.2) is 18.2 Å². The highest BCUT2D eigenvalue weighted by Gasteiger charge is 2.04. The molecule has 0 saturated carbocycles. The number of nitrogens with one attached hydrogen (secondary N) is 1. The van der Waals surface area contributed by atoms with E-state index in [2.05, 4.69) is 5.32 Å². The zero-order chi connectivity index (χ0) is 9.84. The average molecular weight is 200 g/mol. The van der Waals surface area contributed by atoms with Crippen LogP contribution in [0.4, 0.5) is 5.69 Å². The zero-order valence-electron chi connectivity index (χ0n) is 8.10. The van der Waals surface area contributed by atoms with Gasteiger partial charge in [0.2, 0.25) is 0 Å². The minimum absolute atomic E-state index is 0.174. The first kappa shape index (κ1) is 10.2. The predicted molar refractivity (Wildman–Crippen MR) is 56.8 cm³/mol. The standard InChI is InChI=1S/C10H14ClNO/c1-7(2)13-10-5-4-8(11)6-9(10)12-3/h4-7,12H,1-3H3. The van der Waals surface area contributed by atoms with E-state index in [1.54, 1.807) is 0 Å². The Morgan fingerprint density at radius 1 is 1.38 bits per heavy atom. The summed E-state index contributed by atoms with van der Waals surface area (Å²) in [6.45, 7) is 3.99. The third-order valence-electron chi connectivity index (χ3n) is 1.57. The summed E-state index contributed by atoms with van der Waals surface area (Å²) in [5.74, 6) is 0.835. The molecule has 0 heterocycles. The Balaban J connectivity index is 2.92. The van der Waals surface area contributed by atoms with E-state index in [-0.39, 0.29) is 6.10 Å². The molecule has 1 aromatic rings. The van der Waals surface area contributed by atoms with E-state index in [9.17, 15) is 0 Å². The maximum atomic E-state index is 5.84. The first-order valence-electron chi connectivity index (χ1n) is 4.27. The highest BCUT2D eigenvalue weighted by molar-refractivity contribution is 6.30. The summed E-state index contributed by atoms with van der Waals surface area (Å²) in [6, 6.07) is 5.54. The SMILES string of the molecule is CNc1cc(Cl)ccc1OC(C)C. The van der Waals surface area contributed by atoms with Crippen LogP contribution in [0.5, 0.6) is 5.75 Å². The monoisotopic (exact) mass is 199 g/mol. The normalized spacial score (nSPS) is 10.2. The van der Waals surface area contributed by atoms with E-state index in [4.69, 9.17) is 16.3 Å². The highest BCUT2D eigenvalue weighted by Crippen LogP contribution is 2.28. The predicted octanol–water partition coefficient (Wildman–Crippen LogP) is 3.17. The Morgan fingerprint density at radius 2 is 2.08 bits per heavy atom. The molecule has 0 aliphatic rings. The lowest BCUT2D eigenvalue weighted by atomic mass is 10.3. The fourth-order valence-corrected chi connectivity index (χ4v) is 1.23. The molecular weight excluding hydrogens is 186 g/mol. The number of ether oxygens (including phenoxy) is 1. The van der Waals surface area contributed by atoms with Crippen LogP contribution in [-0.2, 0) is 0 Å². The van der Waals surface area contributed by atoms with Crippen LogP contribution in [-0.4, -0.2) is 13.2 Å². The molecule has 0 aliphatic carbocycles. The van der Waals surface area contributed by atoms with E-state index in [1.165, 1.54) is 0 Å². The third-order valence-corrected chi connectivity index (χ3v) is 1.81. The second-order valence-electron chi connectivity index (χ2n) is 3.06. The minimum Gasteiger partial charge on any atom is -0.489 e. The highest BCUT2D eigenvalue weighted by atomic mass is 35.5. The van der Waals surface area contributed by atoms with Crippen LogP contribution in [0, 0.1) is 0 Å². The summed E-state index contributed by atoms with van der Waals surface area (Å²) >= 11 is 5.84. The number of anilines is 1. The summed E-state index contributed by atoms with van der Waals surface area (Å²) in [5.41, 5.74) is 0.918. The van der Waals surface area contributed by atoms with Gasteiger partial charge < -0.3 is 10.1 Å². The van der Waals surface area contributed by atoms with Crippen LogP contribution in [0.2, 0.25) is 5.02 Å². The lowest BCUT2D eigenvalue weighted by molar-refractivity contribution is 0.243. The van der Waals surface area contributed by atoms with Crippen molar-refractivity contribution in [2.45, 2.75) is 20.0 Å². The fraction of sp³-hybridized carbons (Fsp3) is 0.400. The lowest BCUT2D eigenvalue weighted by Gasteiger charge is -2.13. The van der Waals surface area contributed by atoms with Gasteiger partial charge in [-0.3, -0.25) is 0 Å². The van der Waals surface area contributed by atoms with Gasteiger partial charge in [-0.2, -0.15) is 0 Å². The first-order valence-corrected chi connectivity index (χ1v) is 4.65. The molecule has 0 amide bonds. The molecule has 13 heavy (non-hydrogen) atoms. The average Bonchev–Trinajstić information content (AvgIpc) is 2.07. The van der Waals surface area contributed by atoms with Gasteiger partial charge in [0.25, 0.3) is 0 Å². The van der Waals surface area contributed by atoms with E-state index >= 15 is 0 Å².